The molecule has 3 aliphatic rings. The molecule has 0 saturated carbocycles. The van der Waals surface area contributed by atoms with Crippen LogP contribution in [0, 0.1) is 0 Å². The predicted octanol–water partition coefficient (Wildman–Crippen LogP) is 10.5. The van der Waals surface area contributed by atoms with Crippen molar-refractivity contribution in [2.24, 2.45) is 0 Å². The van der Waals surface area contributed by atoms with Gasteiger partial charge < -0.3 is 51.5 Å². The third kappa shape index (κ3) is 12.2. The molecule has 5 aromatic carbocycles. The van der Waals surface area contributed by atoms with E-state index in [-0.39, 0.29) is 39.6 Å². The van der Waals surface area contributed by atoms with Gasteiger partial charge in [0, 0.05) is 17.2 Å². The molecule has 5 aromatic rings. The fraction of sp³-hybridized carbons (Fsp3) is 0.464. The summed E-state index contributed by atoms with van der Waals surface area (Å²) in [7, 11) is -1.69. The molecule has 0 aromatic heterocycles. The summed E-state index contributed by atoms with van der Waals surface area (Å²) in [5, 5.41) is -0.844. The summed E-state index contributed by atoms with van der Waals surface area (Å²) in [4.78, 5) is 0. The first kappa shape index (κ1) is 50.3. The van der Waals surface area contributed by atoms with Crippen LogP contribution in [-0.4, -0.2) is 90.3 Å². The van der Waals surface area contributed by atoms with Gasteiger partial charge in [0.1, 0.15) is 48.8 Å². The minimum atomic E-state index is -3.32. The Balaban J connectivity index is 1.26. The first-order valence-corrected chi connectivity index (χ1v) is 25.8. The average Bonchev–Trinajstić information content (AvgIpc) is 3.37. The highest BCUT2D eigenvalue weighted by Gasteiger charge is 2.62. The van der Waals surface area contributed by atoms with E-state index in [9.17, 15) is 0 Å². The van der Waals surface area contributed by atoms with Crippen molar-refractivity contribution < 1.29 is 51.5 Å². The molecule has 0 radical (unpaired) electrons. The van der Waals surface area contributed by atoms with Crippen molar-refractivity contribution in [2.75, 3.05) is 20.3 Å². The quantitative estimate of drug-likeness (QED) is 0.0884. The summed E-state index contributed by atoms with van der Waals surface area (Å²) < 4.78 is 77.9. The fourth-order valence-electron chi connectivity index (χ4n) is 9.84. The van der Waals surface area contributed by atoms with Gasteiger partial charge in [-0.2, -0.15) is 0 Å². The molecule has 0 spiro atoms. The number of hydrogen-bond acceptors (Lipinski definition) is 11. The van der Waals surface area contributed by atoms with Crippen molar-refractivity contribution in [1.82, 2.24) is 0 Å². The van der Waals surface area contributed by atoms with Crippen LogP contribution in [0.25, 0.3) is 0 Å². The summed E-state index contributed by atoms with van der Waals surface area (Å²) in [5.41, 5.74) is 4.99. The van der Waals surface area contributed by atoms with Crippen molar-refractivity contribution in [3.63, 3.8) is 0 Å². The van der Waals surface area contributed by atoms with Gasteiger partial charge in [0.25, 0.3) is 0 Å². The predicted molar refractivity (Wildman–Crippen MR) is 261 cm³/mol. The lowest BCUT2D eigenvalue weighted by atomic mass is 9.95. The van der Waals surface area contributed by atoms with Crippen molar-refractivity contribution in [3.05, 3.63) is 179 Å². The molecule has 0 unspecified atom stereocenters. The molecule has 0 aliphatic carbocycles. The monoisotopic (exact) mass is 946 g/mol. The number of fused-ring (bicyclic) bond motifs is 3. The molecule has 3 aliphatic heterocycles. The SMILES string of the molecule is CO[C@H]1O[C@@H]2CO[Si](C(C)(C)C)(C(C)(C)C)OC[C@H]3O[C@@H](O[C@H]2[C@H](OCc2ccccc2)[C@H]1OCc1ccccc1)[C@H](OCc1ccccc1)[C@@H](OCc1ccccc1)[C@@H]3OCc1ccccc1. The van der Waals surface area contributed by atoms with Gasteiger partial charge in [-0.3, -0.25) is 0 Å². The Morgan fingerprint density at radius 2 is 0.765 bits per heavy atom. The topological polar surface area (TPSA) is 102 Å². The van der Waals surface area contributed by atoms with Crippen LogP contribution in [0.15, 0.2) is 152 Å². The van der Waals surface area contributed by atoms with Crippen molar-refractivity contribution >= 4 is 8.56 Å². The lowest BCUT2D eigenvalue weighted by Gasteiger charge is -2.51. The molecule has 68 heavy (non-hydrogen) atoms. The summed E-state index contributed by atoms with van der Waals surface area (Å²) >= 11 is 0. The minimum absolute atomic E-state index is 0.122. The van der Waals surface area contributed by atoms with Crippen LogP contribution < -0.4 is 0 Å². The van der Waals surface area contributed by atoms with Crippen LogP contribution in [0.3, 0.4) is 0 Å². The molecule has 10 atom stereocenters. The number of ether oxygens (including phenoxy) is 9. The molecule has 11 nitrogen and oxygen atoms in total. The second-order valence-corrected chi connectivity index (χ2v) is 24.8. The van der Waals surface area contributed by atoms with Gasteiger partial charge in [-0.25, -0.2) is 0 Å². The summed E-state index contributed by atoms with van der Waals surface area (Å²) in [6.45, 7) is 14.9. The molecular formula is C56H70O11Si. The van der Waals surface area contributed by atoms with Crippen molar-refractivity contribution in [3.8, 4) is 0 Å². The summed E-state index contributed by atoms with van der Waals surface area (Å²) in [6, 6.07) is 50.5. The zero-order valence-electron chi connectivity index (χ0n) is 40.6. The van der Waals surface area contributed by atoms with E-state index in [0.717, 1.165) is 27.8 Å². The maximum Gasteiger partial charge on any atom is 0.349 e. The van der Waals surface area contributed by atoms with Crippen LogP contribution in [-0.2, 0) is 84.5 Å². The Bertz CT molecular complexity index is 2210. The first-order chi connectivity index (χ1) is 32.9. The van der Waals surface area contributed by atoms with E-state index in [2.05, 4.69) is 65.8 Å². The maximum atomic E-state index is 7.48. The Hall–Kier alpha value is -4.12. The average molecular weight is 947 g/mol. The van der Waals surface area contributed by atoms with Crippen LogP contribution in [0.2, 0.25) is 10.1 Å². The Morgan fingerprint density at radius 1 is 0.412 bits per heavy atom. The summed E-state index contributed by atoms with van der Waals surface area (Å²) in [6.07, 6.45) is -7.82. The van der Waals surface area contributed by atoms with Crippen molar-refractivity contribution in [2.45, 2.75) is 146 Å². The zero-order chi connectivity index (χ0) is 47.6. The highest BCUT2D eigenvalue weighted by Crippen LogP contribution is 2.53. The highest BCUT2D eigenvalue weighted by atomic mass is 28.4. The number of rotatable bonds is 16. The van der Waals surface area contributed by atoms with E-state index < -0.39 is 80.0 Å². The molecular weight excluding hydrogens is 877 g/mol. The second-order valence-electron chi connectivity index (χ2n) is 20.0. The van der Waals surface area contributed by atoms with Gasteiger partial charge in [0.05, 0.1) is 46.2 Å². The number of methoxy groups -OCH3 is 1. The van der Waals surface area contributed by atoms with Crippen LogP contribution in [0.1, 0.15) is 69.4 Å². The third-order valence-corrected chi connectivity index (χ3v) is 18.1. The van der Waals surface area contributed by atoms with E-state index in [0.29, 0.717) is 6.61 Å². The van der Waals surface area contributed by atoms with Crippen LogP contribution in [0.4, 0.5) is 0 Å². The highest BCUT2D eigenvalue weighted by molar-refractivity contribution is 6.73. The van der Waals surface area contributed by atoms with Gasteiger partial charge >= 0.3 is 8.56 Å². The van der Waals surface area contributed by atoms with E-state index in [4.69, 9.17) is 51.5 Å². The minimum Gasteiger partial charge on any atom is -0.391 e. The molecule has 3 saturated heterocycles. The van der Waals surface area contributed by atoms with Gasteiger partial charge in [-0.05, 0) is 27.8 Å². The molecule has 0 N–H and O–H groups in total. The fourth-order valence-corrected chi connectivity index (χ4v) is 14.7. The molecule has 364 valence electrons. The zero-order valence-corrected chi connectivity index (χ0v) is 41.6. The van der Waals surface area contributed by atoms with Gasteiger partial charge in [0.15, 0.2) is 12.6 Å². The molecule has 2 bridgehead atoms. The largest absolute Gasteiger partial charge is 0.391 e. The maximum absolute atomic E-state index is 7.48. The molecule has 12 heteroatoms. The van der Waals surface area contributed by atoms with E-state index in [1.807, 2.05) is 127 Å². The number of benzene rings is 5. The van der Waals surface area contributed by atoms with Crippen LogP contribution in [0.5, 0.6) is 0 Å². The number of hydrogen-bond donors (Lipinski definition) is 0. The standard InChI is InChI=1S/C56H70O11Si/c1-55(2,3)68(56(4,5)6)63-38-45-47(58-33-40-23-13-8-14-24-40)49(59-34-41-25-15-9-16-26-41)52(62-37-44-31-21-12-22-32-44)54(66-45)67-48-46(39-64-68)65-53(57-7)51(61-36-43-29-19-11-20-30-43)50(48)60-35-42-27-17-10-18-28-42/h8-32,45-54H,33-39H2,1-7H3/t45-,46-,47-,48-,49+,50+,51-,52-,53+,54+/m1/s1. The van der Waals surface area contributed by atoms with E-state index in [1.54, 1.807) is 7.11 Å². The molecule has 3 fully saturated rings. The summed E-state index contributed by atoms with van der Waals surface area (Å²) in [5.74, 6) is 0. The van der Waals surface area contributed by atoms with E-state index >= 15 is 0 Å². The van der Waals surface area contributed by atoms with Crippen LogP contribution >= 0.6 is 0 Å². The normalized spacial score (nSPS) is 27.7. The lowest BCUT2D eigenvalue weighted by molar-refractivity contribution is -0.372. The van der Waals surface area contributed by atoms with Gasteiger partial charge in [0.2, 0.25) is 0 Å². The Kier molecular flexibility index (Phi) is 17.1. The molecule has 0 amide bonds. The lowest BCUT2D eigenvalue weighted by Crippen LogP contribution is -2.66. The molecule has 3 heterocycles. The van der Waals surface area contributed by atoms with Gasteiger partial charge in [-0.15, -0.1) is 0 Å². The third-order valence-electron chi connectivity index (χ3n) is 13.0. The molecule has 8 rings (SSSR count). The Morgan fingerprint density at radius 3 is 1.16 bits per heavy atom. The smallest absolute Gasteiger partial charge is 0.349 e. The van der Waals surface area contributed by atoms with Gasteiger partial charge in [-0.1, -0.05) is 193 Å². The second kappa shape index (κ2) is 23.2. The van der Waals surface area contributed by atoms with E-state index in [1.165, 1.54) is 0 Å². The Labute approximate surface area is 404 Å². The first-order valence-electron chi connectivity index (χ1n) is 24.0. The van der Waals surface area contributed by atoms with Crippen molar-refractivity contribution in [1.29, 1.82) is 0 Å².